The molecule has 0 saturated heterocycles. The number of esters is 1. The van der Waals surface area contributed by atoms with Gasteiger partial charge in [-0.05, 0) is 44.0 Å². The van der Waals surface area contributed by atoms with Crippen LogP contribution in [0.25, 0.3) is 0 Å². The zero-order valence-corrected chi connectivity index (χ0v) is 13.8. The van der Waals surface area contributed by atoms with E-state index in [1.54, 1.807) is 12.1 Å². The van der Waals surface area contributed by atoms with Gasteiger partial charge in [0.05, 0.1) is 0 Å². The lowest BCUT2D eigenvalue weighted by Gasteiger charge is -2.22. The van der Waals surface area contributed by atoms with Gasteiger partial charge in [0.25, 0.3) is 0 Å². The number of rotatable bonds is 5. The maximum atomic E-state index is 12.0. The molecule has 23 heavy (non-hydrogen) atoms. The molecule has 2 rings (SSSR count). The number of carbonyl (C=O) groups is 1. The summed E-state index contributed by atoms with van der Waals surface area (Å²) in [5, 5.41) is 0. The number of hydrogen-bond donors (Lipinski definition) is 1. The van der Waals surface area contributed by atoms with Crippen molar-refractivity contribution in [3.63, 3.8) is 0 Å². The van der Waals surface area contributed by atoms with Gasteiger partial charge in [0.15, 0.2) is 0 Å². The van der Waals surface area contributed by atoms with Crippen molar-refractivity contribution in [1.82, 2.24) is 0 Å². The minimum absolute atomic E-state index is 0.435. The molecule has 1 atom stereocenters. The van der Waals surface area contributed by atoms with Crippen molar-refractivity contribution < 1.29 is 14.3 Å². The van der Waals surface area contributed by atoms with Crippen molar-refractivity contribution in [2.45, 2.75) is 39.0 Å². The summed E-state index contributed by atoms with van der Waals surface area (Å²) in [7, 11) is 0. The van der Waals surface area contributed by atoms with E-state index in [-0.39, 0.29) is 0 Å². The summed E-state index contributed by atoms with van der Waals surface area (Å²) in [6, 6.07) is 16.3. The molecule has 0 saturated carbocycles. The van der Waals surface area contributed by atoms with Crippen LogP contribution in [0.1, 0.15) is 37.9 Å². The van der Waals surface area contributed by atoms with Crippen LogP contribution in [0.3, 0.4) is 0 Å². The summed E-state index contributed by atoms with van der Waals surface area (Å²) < 4.78 is 11.0. The lowest BCUT2D eigenvalue weighted by Crippen LogP contribution is -2.31. The van der Waals surface area contributed by atoms with Crippen LogP contribution >= 0.6 is 0 Å². The Hall–Kier alpha value is -2.33. The van der Waals surface area contributed by atoms with Crippen molar-refractivity contribution >= 4 is 5.97 Å². The molecule has 2 aromatic carbocycles. The molecule has 0 aliphatic heterocycles. The molecule has 2 aromatic rings. The van der Waals surface area contributed by atoms with E-state index in [0.717, 1.165) is 11.3 Å². The summed E-state index contributed by atoms with van der Waals surface area (Å²) in [6.45, 7) is 5.95. The number of hydrogen-bond acceptors (Lipinski definition) is 4. The Labute approximate surface area is 137 Å². The molecule has 0 aliphatic rings. The van der Waals surface area contributed by atoms with Gasteiger partial charge in [0.2, 0.25) is 0 Å². The first-order valence-corrected chi connectivity index (χ1v) is 7.60. The van der Waals surface area contributed by atoms with Crippen molar-refractivity contribution in [1.29, 1.82) is 0 Å². The van der Waals surface area contributed by atoms with Crippen LogP contribution in [0.2, 0.25) is 0 Å². The Bertz CT molecular complexity index is 630. The second-order valence-electron chi connectivity index (χ2n) is 6.35. The van der Waals surface area contributed by atoms with Crippen molar-refractivity contribution in [3.05, 3.63) is 65.7 Å². The first-order chi connectivity index (χ1) is 10.8. The maximum Gasteiger partial charge on any atom is 0.328 e. The molecule has 0 unspecified atom stereocenters. The Morgan fingerprint density at radius 1 is 1.04 bits per heavy atom. The summed E-state index contributed by atoms with van der Waals surface area (Å²) >= 11 is 0. The van der Waals surface area contributed by atoms with Gasteiger partial charge in [-0.15, -0.1) is 0 Å². The van der Waals surface area contributed by atoms with E-state index in [9.17, 15) is 4.79 Å². The average Bonchev–Trinajstić information content (AvgIpc) is 2.52. The SMILES string of the molecule is CC(C)(C)OC(=O)[C@H](N)c1ccc(OCc2ccccc2)cc1. The topological polar surface area (TPSA) is 61.5 Å². The predicted octanol–water partition coefficient (Wildman–Crippen LogP) is 3.61. The van der Waals surface area contributed by atoms with E-state index in [1.165, 1.54) is 0 Å². The number of nitrogens with two attached hydrogens (primary N) is 1. The van der Waals surface area contributed by atoms with Crippen LogP contribution in [0.15, 0.2) is 54.6 Å². The van der Waals surface area contributed by atoms with E-state index in [1.807, 2.05) is 63.2 Å². The van der Waals surface area contributed by atoms with Gasteiger partial charge in [-0.3, -0.25) is 0 Å². The first-order valence-electron chi connectivity index (χ1n) is 7.60. The Balaban J connectivity index is 1.95. The van der Waals surface area contributed by atoms with Crippen molar-refractivity contribution in [3.8, 4) is 5.75 Å². The Kier molecular flexibility index (Phi) is 5.40. The lowest BCUT2D eigenvalue weighted by atomic mass is 10.1. The van der Waals surface area contributed by atoms with E-state index >= 15 is 0 Å². The molecule has 0 amide bonds. The van der Waals surface area contributed by atoms with Crippen molar-refractivity contribution in [2.75, 3.05) is 0 Å². The molecule has 0 fully saturated rings. The lowest BCUT2D eigenvalue weighted by molar-refractivity contribution is -0.156. The number of benzene rings is 2. The highest BCUT2D eigenvalue weighted by molar-refractivity contribution is 5.77. The third-order valence-corrected chi connectivity index (χ3v) is 3.15. The van der Waals surface area contributed by atoms with Crippen LogP contribution in [-0.4, -0.2) is 11.6 Å². The number of ether oxygens (including phenoxy) is 2. The maximum absolute atomic E-state index is 12.0. The van der Waals surface area contributed by atoms with Crippen LogP contribution in [0.5, 0.6) is 5.75 Å². The third kappa shape index (κ3) is 5.42. The Morgan fingerprint density at radius 3 is 2.22 bits per heavy atom. The molecule has 4 nitrogen and oxygen atoms in total. The molecule has 122 valence electrons. The van der Waals surface area contributed by atoms with Gasteiger partial charge in [-0.25, -0.2) is 4.79 Å². The highest BCUT2D eigenvalue weighted by atomic mass is 16.6. The fourth-order valence-corrected chi connectivity index (χ4v) is 2.01. The largest absolute Gasteiger partial charge is 0.489 e. The normalized spacial score (nSPS) is 12.5. The van der Waals surface area contributed by atoms with E-state index in [2.05, 4.69) is 0 Å². The fourth-order valence-electron chi connectivity index (χ4n) is 2.01. The highest BCUT2D eigenvalue weighted by Gasteiger charge is 2.23. The molecule has 0 radical (unpaired) electrons. The number of carbonyl (C=O) groups excluding carboxylic acids is 1. The second kappa shape index (κ2) is 7.29. The molecule has 0 aliphatic carbocycles. The molecule has 4 heteroatoms. The van der Waals surface area contributed by atoms with Gasteiger partial charge < -0.3 is 15.2 Å². The highest BCUT2D eigenvalue weighted by Crippen LogP contribution is 2.20. The van der Waals surface area contributed by atoms with Gasteiger partial charge in [0.1, 0.15) is 24.0 Å². The van der Waals surface area contributed by atoms with Crippen LogP contribution in [-0.2, 0) is 16.1 Å². The van der Waals surface area contributed by atoms with Crippen LogP contribution in [0, 0.1) is 0 Å². The summed E-state index contributed by atoms with van der Waals surface area (Å²) in [5.74, 6) is 0.296. The second-order valence-corrected chi connectivity index (χ2v) is 6.35. The first kappa shape index (κ1) is 17.0. The van der Waals surface area contributed by atoms with Crippen LogP contribution in [0.4, 0.5) is 0 Å². The van der Waals surface area contributed by atoms with E-state index in [0.29, 0.717) is 12.2 Å². The zero-order valence-electron chi connectivity index (χ0n) is 13.8. The minimum Gasteiger partial charge on any atom is -0.489 e. The van der Waals surface area contributed by atoms with E-state index in [4.69, 9.17) is 15.2 Å². The Morgan fingerprint density at radius 2 is 1.65 bits per heavy atom. The molecule has 2 N–H and O–H groups in total. The molecule has 0 spiro atoms. The van der Waals surface area contributed by atoms with Crippen molar-refractivity contribution in [2.24, 2.45) is 5.73 Å². The molecular formula is C19H23NO3. The average molecular weight is 313 g/mol. The fraction of sp³-hybridized carbons (Fsp3) is 0.316. The quantitative estimate of drug-likeness (QED) is 0.857. The summed E-state index contributed by atoms with van der Waals surface area (Å²) in [4.78, 5) is 12.0. The minimum atomic E-state index is -0.794. The smallest absolute Gasteiger partial charge is 0.328 e. The van der Waals surface area contributed by atoms with E-state index < -0.39 is 17.6 Å². The zero-order chi connectivity index (χ0) is 16.9. The molecule has 0 aromatic heterocycles. The van der Waals surface area contributed by atoms with Gasteiger partial charge in [0, 0.05) is 0 Å². The summed E-state index contributed by atoms with van der Waals surface area (Å²) in [5.41, 5.74) is 7.20. The summed E-state index contributed by atoms with van der Waals surface area (Å²) in [6.07, 6.45) is 0. The van der Waals surface area contributed by atoms with Gasteiger partial charge >= 0.3 is 5.97 Å². The molecule has 0 bridgehead atoms. The molecule has 0 heterocycles. The predicted molar refractivity (Wildman–Crippen MR) is 90.0 cm³/mol. The standard InChI is InChI=1S/C19H23NO3/c1-19(2,3)23-18(21)17(20)15-9-11-16(12-10-15)22-13-14-7-5-4-6-8-14/h4-12,17H,13,20H2,1-3H3/t17-/m1/s1. The van der Waals surface area contributed by atoms with Crippen LogP contribution < -0.4 is 10.5 Å². The van der Waals surface area contributed by atoms with Gasteiger partial charge in [-0.1, -0.05) is 42.5 Å². The monoisotopic (exact) mass is 313 g/mol. The molecular weight excluding hydrogens is 290 g/mol. The third-order valence-electron chi connectivity index (χ3n) is 3.15. The van der Waals surface area contributed by atoms with Gasteiger partial charge in [-0.2, -0.15) is 0 Å².